The molecular formula is C22H29NO2. The molecule has 0 bridgehead atoms. The van der Waals surface area contributed by atoms with Crippen LogP contribution in [0.15, 0.2) is 48.5 Å². The largest absolute Gasteiger partial charge is 0.497 e. The van der Waals surface area contributed by atoms with Gasteiger partial charge in [-0.2, -0.15) is 0 Å². The average molecular weight is 339 g/mol. The molecule has 0 aromatic heterocycles. The van der Waals surface area contributed by atoms with Crippen molar-refractivity contribution in [3.8, 4) is 5.75 Å². The van der Waals surface area contributed by atoms with Gasteiger partial charge < -0.3 is 14.4 Å². The Kier molecular flexibility index (Phi) is 5.98. The van der Waals surface area contributed by atoms with Gasteiger partial charge >= 0.3 is 0 Å². The summed E-state index contributed by atoms with van der Waals surface area (Å²) in [5.41, 5.74) is 3.96. The summed E-state index contributed by atoms with van der Waals surface area (Å²) in [4.78, 5) is 2.52. The molecule has 1 unspecified atom stereocenters. The number of methoxy groups -OCH3 is 1. The van der Waals surface area contributed by atoms with Gasteiger partial charge in [-0.05, 0) is 55.5 Å². The van der Waals surface area contributed by atoms with Gasteiger partial charge in [-0.1, -0.05) is 36.8 Å². The summed E-state index contributed by atoms with van der Waals surface area (Å²) < 4.78 is 11.1. The summed E-state index contributed by atoms with van der Waals surface area (Å²) in [6.07, 6.45) is 2.27. The Bertz CT molecular complexity index is 668. The highest BCUT2D eigenvalue weighted by molar-refractivity contribution is 5.49. The average Bonchev–Trinajstić information content (AvgIpc) is 2.67. The Morgan fingerprint density at radius 3 is 2.76 bits per heavy atom. The van der Waals surface area contributed by atoms with E-state index in [4.69, 9.17) is 9.47 Å². The molecule has 25 heavy (non-hydrogen) atoms. The first-order chi connectivity index (χ1) is 12.2. The molecule has 1 saturated heterocycles. The molecule has 1 aliphatic rings. The third kappa shape index (κ3) is 4.55. The third-order valence-electron chi connectivity index (χ3n) is 5.19. The fourth-order valence-corrected chi connectivity index (χ4v) is 3.53. The van der Waals surface area contributed by atoms with E-state index in [1.54, 1.807) is 7.11 Å². The number of ether oxygens (including phenoxy) is 2. The summed E-state index contributed by atoms with van der Waals surface area (Å²) in [6.45, 7) is 7.04. The van der Waals surface area contributed by atoms with Gasteiger partial charge in [-0.3, -0.25) is 0 Å². The van der Waals surface area contributed by atoms with Crippen molar-refractivity contribution in [3.05, 3.63) is 59.7 Å². The highest BCUT2D eigenvalue weighted by Crippen LogP contribution is 2.28. The normalized spacial score (nSPS) is 18.8. The van der Waals surface area contributed by atoms with Crippen molar-refractivity contribution in [3.63, 3.8) is 0 Å². The maximum atomic E-state index is 5.77. The van der Waals surface area contributed by atoms with Gasteiger partial charge in [0, 0.05) is 12.2 Å². The molecule has 0 saturated carbocycles. The van der Waals surface area contributed by atoms with E-state index < -0.39 is 0 Å². The minimum Gasteiger partial charge on any atom is -0.497 e. The van der Waals surface area contributed by atoms with Crippen LogP contribution in [0.3, 0.4) is 0 Å². The first-order valence-electron chi connectivity index (χ1n) is 9.22. The summed E-state index contributed by atoms with van der Waals surface area (Å²) in [5, 5.41) is 0. The standard InChI is InChI=1S/C22H29NO2/c1-17-7-10-20(11-8-17)23-13-14-25-16-21(23)12-9-18(2)19-5-4-6-22(15-19)24-3/h4-8,10-11,15,18,21H,9,12-14,16H2,1-3H3/t18-,21?/m0/s1. The molecule has 0 spiro atoms. The van der Waals surface area contributed by atoms with Crippen LogP contribution in [0.2, 0.25) is 0 Å². The zero-order chi connectivity index (χ0) is 17.6. The van der Waals surface area contributed by atoms with Crippen molar-refractivity contribution in [2.45, 2.75) is 38.6 Å². The lowest BCUT2D eigenvalue weighted by atomic mass is 9.93. The number of rotatable bonds is 6. The molecule has 1 aliphatic heterocycles. The first-order valence-corrected chi connectivity index (χ1v) is 9.22. The van der Waals surface area contributed by atoms with Crippen LogP contribution in [0.25, 0.3) is 0 Å². The third-order valence-corrected chi connectivity index (χ3v) is 5.19. The van der Waals surface area contributed by atoms with Gasteiger partial charge in [-0.15, -0.1) is 0 Å². The maximum absolute atomic E-state index is 5.77. The molecule has 2 aromatic rings. The quantitative estimate of drug-likeness (QED) is 0.755. The van der Waals surface area contributed by atoms with Crippen molar-refractivity contribution >= 4 is 5.69 Å². The van der Waals surface area contributed by atoms with Gasteiger partial charge in [0.2, 0.25) is 0 Å². The maximum Gasteiger partial charge on any atom is 0.119 e. The van der Waals surface area contributed by atoms with Crippen LogP contribution in [0.5, 0.6) is 5.75 Å². The lowest BCUT2D eigenvalue weighted by Gasteiger charge is -2.38. The van der Waals surface area contributed by atoms with Crippen LogP contribution < -0.4 is 9.64 Å². The molecule has 0 radical (unpaired) electrons. The summed E-state index contributed by atoms with van der Waals surface area (Å²) in [7, 11) is 1.72. The van der Waals surface area contributed by atoms with E-state index in [2.05, 4.69) is 61.2 Å². The lowest BCUT2D eigenvalue weighted by Crippen LogP contribution is -2.45. The molecule has 134 valence electrons. The van der Waals surface area contributed by atoms with E-state index in [0.29, 0.717) is 12.0 Å². The van der Waals surface area contributed by atoms with Crippen LogP contribution in [0.1, 0.15) is 36.8 Å². The molecule has 3 heteroatoms. The molecular weight excluding hydrogens is 310 g/mol. The Morgan fingerprint density at radius 1 is 1.20 bits per heavy atom. The minimum atomic E-state index is 0.449. The number of benzene rings is 2. The summed E-state index contributed by atoms with van der Waals surface area (Å²) >= 11 is 0. The predicted octanol–water partition coefficient (Wildman–Crippen LogP) is 4.79. The Morgan fingerprint density at radius 2 is 2.00 bits per heavy atom. The van der Waals surface area contributed by atoms with E-state index in [9.17, 15) is 0 Å². The number of nitrogens with zero attached hydrogens (tertiary/aromatic N) is 1. The van der Waals surface area contributed by atoms with E-state index in [1.165, 1.54) is 16.8 Å². The van der Waals surface area contributed by atoms with Crippen molar-refractivity contribution in [2.75, 3.05) is 31.8 Å². The van der Waals surface area contributed by atoms with Gasteiger partial charge in [0.15, 0.2) is 0 Å². The van der Waals surface area contributed by atoms with Gasteiger partial charge in [0.25, 0.3) is 0 Å². The molecule has 0 amide bonds. The highest BCUT2D eigenvalue weighted by Gasteiger charge is 2.24. The number of hydrogen-bond donors (Lipinski definition) is 0. The highest BCUT2D eigenvalue weighted by atomic mass is 16.5. The van der Waals surface area contributed by atoms with E-state index in [1.807, 2.05) is 6.07 Å². The van der Waals surface area contributed by atoms with Crippen molar-refractivity contribution in [1.29, 1.82) is 0 Å². The zero-order valence-corrected chi connectivity index (χ0v) is 15.6. The number of anilines is 1. The Hall–Kier alpha value is -2.00. The second-order valence-corrected chi connectivity index (χ2v) is 7.01. The smallest absolute Gasteiger partial charge is 0.119 e. The number of aryl methyl sites for hydroxylation is 1. The monoisotopic (exact) mass is 339 g/mol. The molecule has 1 heterocycles. The SMILES string of the molecule is COc1cccc([C@@H](C)CCC2COCCN2c2ccc(C)cc2)c1. The van der Waals surface area contributed by atoms with Crippen molar-refractivity contribution in [2.24, 2.45) is 0 Å². The topological polar surface area (TPSA) is 21.7 Å². The van der Waals surface area contributed by atoms with E-state index in [-0.39, 0.29) is 0 Å². The summed E-state index contributed by atoms with van der Waals surface area (Å²) in [6, 6.07) is 17.7. The van der Waals surface area contributed by atoms with Gasteiger partial charge in [0.05, 0.1) is 26.4 Å². The first kappa shape index (κ1) is 17.8. The Balaban J connectivity index is 1.64. The van der Waals surface area contributed by atoms with E-state index >= 15 is 0 Å². The number of morpholine rings is 1. The molecule has 3 nitrogen and oxygen atoms in total. The van der Waals surface area contributed by atoms with Gasteiger partial charge in [0.1, 0.15) is 5.75 Å². The minimum absolute atomic E-state index is 0.449. The second-order valence-electron chi connectivity index (χ2n) is 7.01. The fourth-order valence-electron chi connectivity index (χ4n) is 3.53. The predicted molar refractivity (Wildman–Crippen MR) is 104 cm³/mol. The second kappa shape index (κ2) is 8.39. The van der Waals surface area contributed by atoms with Crippen molar-refractivity contribution in [1.82, 2.24) is 0 Å². The zero-order valence-electron chi connectivity index (χ0n) is 15.6. The van der Waals surface area contributed by atoms with Crippen LogP contribution >= 0.6 is 0 Å². The molecule has 1 fully saturated rings. The summed E-state index contributed by atoms with van der Waals surface area (Å²) in [5.74, 6) is 1.45. The molecule has 2 aromatic carbocycles. The number of hydrogen-bond acceptors (Lipinski definition) is 3. The Labute approximate surface area is 151 Å². The molecule has 0 N–H and O–H groups in total. The molecule has 2 atom stereocenters. The lowest BCUT2D eigenvalue weighted by molar-refractivity contribution is 0.0904. The van der Waals surface area contributed by atoms with Gasteiger partial charge in [-0.25, -0.2) is 0 Å². The van der Waals surface area contributed by atoms with Crippen LogP contribution in [0.4, 0.5) is 5.69 Å². The van der Waals surface area contributed by atoms with Crippen LogP contribution in [0, 0.1) is 6.92 Å². The van der Waals surface area contributed by atoms with Crippen molar-refractivity contribution < 1.29 is 9.47 Å². The fraction of sp³-hybridized carbons (Fsp3) is 0.455. The van der Waals surface area contributed by atoms with Crippen LogP contribution in [-0.4, -0.2) is 32.9 Å². The van der Waals surface area contributed by atoms with E-state index in [0.717, 1.165) is 38.3 Å². The molecule has 3 rings (SSSR count). The van der Waals surface area contributed by atoms with Crippen LogP contribution in [-0.2, 0) is 4.74 Å². The molecule has 0 aliphatic carbocycles.